The molecule has 0 fully saturated rings. The van der Waals surface area contributed by atoms with E-state index in [9.17, 15) is 0 Å². The minimum Gasteiger partial charge on any atom is -0.468 e. The minimum atomic E-state index is -0.643. The molecule has 2 aromatic heterocycles. The third-order valence-corrected chi connectivity index (χ3v) is 13.8. The standard InChI is InChI=1S/C59H61N3O/c1-36-23-24-51-48(29-36)49-30-38(3)47(50-34-45(25-26-60-50)57(6,7)8)35-52(49)62(51)46-32-43(53-39(4)27-37(2)28-40(53)5)31-44(33-46)56-61-55(59(12,63-56)58(9,10)11)54(41-19-15-13-16-20-41)42-21-17-14-18-22-42/h13-35,54-55H,1-12H3/t55-,59+/m1/s1. The largest absolute Gasteiger partial charge is 0.468 e. The lowest BCUT2D eigenvalue weighted by atomic mass is 9.67. The summed E-state index contributed by atoms with van der Waals surface area (Å²) >= 11 is 0. The Balaban J connectivity index is 1.33. The number of hydrogen-bond acceptors (Lipinski definition) is 3. The highest BCUT2D eigenvalue weighted by molar-refractivity contribution is 6.11. The van der Waals surface area contributed by atoms with Crippen LogP contribution in [0.25, 0.3) is 49.9 Å². The van der Waals surface area contributed by atoms with E-state index in [1.807, 2.05) is 6.20 Å². The molecule has 9 rings (SSSR count). The monoisotopic (exact) mass is 827 g/mol. The molecule has 0 saturated heterocycles. The second-order valence-corrected chi connectivity index (χ2v) is 20.4. The van der Waals surface area contributed by atoms with Crippen molar-refractivity contribution in [1.82, 2.24) is 9.55 Å². The van der Waals surface area contributed by atoms with Crippen LogP contribution in [0.2, 0.25) is 0 Å². The predicted octanol–water partition coefficient (Wildman–Crippen LogP) is 15.1. The third kappa shape index (κ3) is 7.48. The first-order chi connectivity index (χ1) is 29.9. The van der Waals surface area contributed by atoms with Gasteiger partial charge in [-0.2, -0.15) is 0 Å². The summed E-state index contributed by atoms with van der Waals surface area (Å²) in [5, 5.41) is 2.45. The molecule has 8 aromatic rings. The molecule has 6 aromatic carbocycles. The fourth-order valence-corrected chi connectivity index (χ4v) is 10.1. The minimum absolute atomic E-state index is 0.000511. The Morgan fingerprint density at radius 2 is 1.22 bits per heavy atom. The van der Waals surface area contributed by atoms with Gasteiger partial charge in [0.15, 0.2) is 0 Å². The molecule has 3 heterocycles. The van der Waals surface area contributed by atoms with E-state index in [1.165, 1.54) is 60.8 Å². The van der Waals surface area contributed by atoms with E-state index in [4.69, 9.17) is 14.7 Å². The average molecular weight is 828 g/mol. The smallest absolute Gasteiger partial charge is 0.217 e. The number of aliphatic imine (C=N–C) groups is 1. The molecule has 4 nitrogen and oxygen atoms in total. The summed E-state index contributed by atoms with van der Waals surface area (Å²) < 4.78 is 9.89. The lowest BCUT2D eigenvalue weighted by Gasteiger charge is -2.44. The highest BCUT2D eigenvalue weighted by Crippen LogP contribution is 2.50. The highest BCUT2D eigenvalue weighted by atomic mass is 16.5. The van der Waals surface area contributed by atoms with Crippen molar-refractivity contribution in [1.29, 1.82) is 0 Å². The van der Waals surface area contributed by atoms with Gasteiger partial charge in [0, 0.05) is 45.1 Å². The van der Waals surface area contributed by atoms with Crippen LogP contribution in [-0.2, 0) is 10.2 Å². The second-order valence-electron chi connectivity index (χ2n) is 20.4. The SMILES string of the molecule is Cc1cc(C)c(-c2cc(C3=N[C@H](C(c4ccccc4)c4ccccc4)[C@@](C)(C(C)(C)C)O3)cc(-n3c4ccc(C)cc4c4cc(C)c(-c5cc(C(C)(C)C)ccn5)cc43)c2)c(C)c1. The molecule has 1 aliphatic heterocycles. The zero-order valence-corrected chi connectivity index (χ0v) is 39.2. The van der Waals surface area contributed by atoms with Gasteiger partial charge in [-0.1, -0.05) is 132 Å². The average Bonchev–Trinajstić information content (AvgIpc) is 3.75. The Hall–Kier alpha value is -6.26. The van der Waals surface area contributed by atoms with Crippen LogP contribution < -0.4 is 0 Å². The van der Waals surface area contributed by atoms with Gasteiger partial charge in [-0.3, -0.25) is 4.98 Å². The predicted molar refractivity (Wildman–Crippen MR) is 266 cm³/mol. The molecule has 0 saturated carbocycles. The molecule has 2 atom stereocenters. The lowest BCUT2D eigenvalue weighted by Crippen LogP contribution is -2.51. The van der Waals surface area contributed by atoms with Gasteiger partial charge in [0.05, 0.1) is 16.7 Å². The van der Waals surface area contributed by atoms with Gasteiger partial charge in [0.25, 0.3) is 0 Å². The van der Waals surface area contributed by atoms with Gasteiger partial charge in [0.2, 0.25) is 5.90 Å². The first-order valence-electron chi connectivity index (χ1n) is 22.5. The van der Waals surface area contributed by atoms with E-state index in [-0.39, 0.29) is 22.8 Å². The van der Waals surface area contributed by atoms with E-state index in [2.05, 4.69) is 221 Å². The van der Waals surface area contributed by atoms with Crippen molar-refractivity contribution in [3.63, 3.8) is 0 Å². The van der Waals surface area contributed by atoms with Gasteiger partial charge >= 0.3 is 0 Å². The maximum Gasteiger partial charge on any atom is 0.217 e. The number of aryl methyl sites for hydroxylation is 5. The summed E-state index contributed by atoms with van der Waals surface area (Å²) in [6.07, 6.45) is 1.96. The van der Waals surface area contributed by atoms with Gasteiger partial charge in [-0.15, -0.1) is 0 Å². The van der Waals surface area contributed by atoms with Gasteiger partial charge in [0.1, 0.15) is 11.6 Å². The van der Waals surface area contributed by atoms with Crippen molar-refractivity contribution in [3.8, 4) is 28.1 Å². The first kappa shape index (κ1) is 42.1. The second kappa shape index (κ2) is 15.5. The molecule has 318 valence electrons. The summed E-state index contributed by atoms with van der Waals surface area (Å²) in [5.74, 6) is 0.655. The summed E-state index contributed by atoms with van der Waals surface area (Å²) in [6, 6.07) is 49.1. The van der Waals surface area contributed by atoms with E-state index >= 15 is 0 Å². The molecule has 0 N–H and O–H groups in total. The number of nitrogens with zero attached hydrogens (tertiary/aromatic N) is 3. The Morgan fingerprint density at radius 1 is 0.603 bits per heavy atom. The van der Waals surface area contributed by atoms with E-state index in [0.717, 1.165) is 39.1 Å². The van der Waals surface area contributed by atoms with Crippen LogP contribution in [0.3, 0.4) is 0 Å². The number of rotatable bonds is 7. The molecule has 4 heteroatoms. The Morgan fingerprint density at radius 3 is 1.84 bits per heavy atom. The molecular weight excluding hydrogens is 767 g/mol. The number of hydrogen-bond donors (Lipinski definition) is 0. The Bertz CT molecular complexity index is 3000. The van der Waals surface area contributed by atoms with Crippen LogP contribution in [0.15, 0.2) is 145 Å². The summed E-state index contributed by atoms with van der Waals surface area (Å²) in [6.45, 7) is 27.0. The first-order valence-corrected chi connectivity index (χ1v) is 22.5. The van der Waals surface area contributed by atoms with E-state index in [1.54, 1.807) is 0 Å². The summed E-state index contributed by atoms with van der Waals surface area (Å²) in [5.41, 5.74) is 17.8. The van der Waals surface area contributed by atoms with E-state index in [0.29, 0.717) is 5.90 Å². The molecule has 0 aliphatic carbocycles. The summed E-state index contributed by atoms with van der Waals surface area (Å²) in [4.78, 5) is 10.7. The van der Waals surface area contributed by atoms with Gasteiger partial charge in [-0.25, -0.2) is 4.99 Å². The van der Waals surface area contributed by atoms with Gasteiger partial charge < -0.3 is 9.30 Å². The van der Waals surface area contributed by atoms with Crippen molar-refractivity contribution in [3.05, 3.63) is 190 Å². The van der Waals surface area contributed by atoms with E-state index < -0.39 is 5.60 Å². The fourth-order valence-electron chi connectivity index (χ4n) is 10.1. The molecular formula is C59H61N3O. The van der Waals surface area contributed by atoms with Crippen molar-refractivity contribution in [2.75, 3.05) is 0 Å². The van der Waals surface area contributed by atoms with Crippen LogP contribution in [0.4, 0.5) is 0 Å². The molecule has 0 spiro atoms. The molecule has 0 unspecified atom stereocenters. The molecule has 63 heavy (non-hydrogen) atoms. The zero-order chi connectivity index (χ0) is 44.6. The van der Waals surface area contributed by atoms with Crippen molar-refractivity contribution >= 4 is 27.7 Å². The number of pyridine rings is 1. The summed E-state index contributed by atoms with van der Waals surface area (Å²) in [7, 11) is 0. The van der Waals surface area contributed by atoms with Gasteiger partial charge in [-0.05, 0) is 146 Å². The Labute approximate surface area is 374 Å². The van der Waals surface area contributed by atoms with Crippen LogP contribution in [0, 0.1) is 40.0 Å². The molecule has 0 bridgehead atoms. The number of ether oxygens (including phenoxy) is 1. The fraction of sp³-hybridized carbons (Fsp3) is 0.288. The zero-order valence-electron chi connectivity index (χ0n) is 39.2. The van der Waals surface area contributed by atoms with Crippen LogP contribution in [-0.4, -0.2) is 27.1 Å². The topological polar surface area (TPSA) is 39.4 Å². The lowest BCUT2D eigenvalue weighted by molar-refractivity contribution is -0.0310. The molecule has 0 radical (unpaired) electrons. The van der Waals surface area contributed by atoms with Crippen molar-refractivity contribution < 1.29 is 4.74 Å². The maximum atomic E-state index is 7.43. The molecule has 1 aliphatic rings. The normalized spacial score (nSPS) is 16.8. The molecule has 0 amide bonds. The van der Waals surface area contributed by atoms with Crippen LogP contribution >= 0.6 is 0 Å². The Kier molecular flexibility index (Phi) is 10.4. The highest BCUT2D eigenvalue weighted by Gasteiger charge is 2.54. The van der Waals surface area contributed by atoms with Crippen molar-refractivity contribution in [2.24, 2.45) is 10.4 Å². The van der Waals surface area contributed by atoms with Crippen molar-refractivity contribution in [2.45, 2.75) is 106 Å². The number of benzene rings is 6. The third-order valence-electron chi connectivity index (χ3n) is 13.8. The van der Waals surface area contributed by atoms with Crippen LogP contribution in [0.1, 0.15) is 104 Å². The number of aromatic nitrogens is 2. The number of fused-ring (bicyclic) bond motifs is 3. The maximum absolute atomic E-state index is 7.43. The quantitative estimate of drug-likeness (QED) is 0.161. The van der Waals surface area contributed by atoms with Crippen LogP contribution in [0.5, 0.6) is 0 Å².